The van der Waals surface area contributed by atoms with E-state index in [-0.39, 0.29) is 6.04 Å². The Labute approximate surface area is 144 Å². The summed E-state index contributed by atoms with van der Waals surface area (Å²) >= 11 is 5.49. The van der Waals surface area contributed by atoms with E-state index in [1.54, 1.807) is 0 Å². The maximum atomic E-state index is 5.49. The third kappa shape index (κ3) is 5.66. The number of benzene rings is 2. The van der Waals surface area contributed by atoms with Crippen molar-refractivity contribution in [3.8, 4) is 0 Å². The van der Waals surface area contributed by atoms with Crippen LogP contribution in [0.25, 0.3) is 0 Å². The first-order valence-electron chi connectivity index (χ1n) is 7.94. The van der Waals surface area contributed by atoms with Crippen LogP contribution in [0.4, 0.5) is 5.69 Å². The smallest absolute Gasteiger partial charge is 0.171 e. The minimum atomic E-state index is 0.154. The highest BCUT2D eigenvalue weighted by atomic mass is 32.1. The van der Waals surface area contributed by atoms with Gasteiger partial charge in [0.15, 0.2) is 5.11 Å². The first-order chi connectivity index (χ1) is 11.1. The lowest BCUT2D eigenvalue weighted by Crippen LogP contribution is -2.37. The molecule has 3 nitrogen and oxygen atoms in total. The van der Waals surface area contributed by atoms with Crippen molar-refractivity contribution >= 4 is 23.0 Å². The number of rotatable bonds is 6. The van der Waals surface area contributed by atoms with Crippen molar-refractivity contribution in [1.29, 1.82) is 0 Å². The van der Waals surface area contributed by atoms with E-state index in [9.17, 15) is 0 Å². The lowest BCUT2D eigenvalue weighted by Gasteiger charge is -2.24. The molecule has 0 heterocycles. The Morgan fingerprint density at radius 1 is 1.04 bits per heavy atom. The van der Waals surface area contributed by atoms with Crippen LogP contribution in [-0.2, 0) is 6.42 Å². The SMILES string of the molecule is CCc1ccc(NC(=S)N[C@H](CN(C)C)c2ccccc2)cc1. The third-order valence-corrected chi connectivity index (χ3v) is 3.89. The summed E-state index contributed by atoms with van der Waals surface area (Å²) in [5, 5.41) is 7.33. The average molecular weight is 327 g/mol. The van der Waals surface area contributed by atoms with Crippen LogP contribution in [-0.4, -0.2) is 30.7 Å². The van der Waals surface area contributed by atoms with Gasteiger partial charge in [0.25, 0.3) is 0 Å². The maximum absolute atomic E-state index is 5.49. The highest BCUT2D eigenvalue weighted by Crippen LogP contribution is 2.15. The Morgan fingerprint density at radius 3 is 2.26 bits per heavy atom. The Morgan fingerprint density at radius 2 is 1.70 bits per heavy atom. The molecule has 0 saturated carbocycles. The minimum Gasteiger partial charge on any atom is -0.354 e. The first kappa shape index (κ1) is 17.4. The third-order valence-electron chi connectivity index (χ3n) is 3.68. The second kappa shape index (κ2) is 8.65. The normalized spacial score (nSPS) is 12.0. The molecule has 0 aliphatic carbocycles. The molecular formula is C19H25N3S. The number of hydrogen-bond donors (Lipinski definition) is 2. The van der Waals surface area contributed by atoms with E-state index in [0.717, 1.165) is 18.7 Å². The van der Waals surface area contributed by atoms with E-state index in [2.05, 4.69) is 85.1 Å². The van der Waals surface area contributed by atoms with Gasteiger partial charge in [-0.05, 0) is 56.0 Å². The van der Waals surface area contributed by atoms with Crippen LogP contribution in [0.1, 0.15) is 24.1 Å². The molecule has 0 amide bonds. The topological polar surface area (TPSA) is 27.3 Å². The highest BCUT2D eigenvalue weighted by Gasteiger charge is 2.13. The fraction of sp³-hybridized carbons (Fsp3) is 0.316. The summed E-state index contributed by atoms with van der Waals surface area (Å²) in [7, 11) is 4.13. The zero-order valence-corrected chi connectivity index (χ0v) is 14.9. The minimum absolute atomic E-state index is 0.154. The van der Waals surface area contributed by atoms with Gasteiger partial charge in [-0.1, -0.05) is 49.4 Å². The number of anilines is 1. The Hall–Kier alpha value is -1.91. The molecule has 4 heteroatoms. The number of nitrogens with zero attached hydrogens (tertiary/aromatic N) is 1. The molecule has 122 valence electrons. The first-order valence-corrected chi connectivity index (χ1v) is 8.35. The predicted octanol–water partition coefficient (Wildman–Crippen LogP) is 3.84. The lowest BCUT2D eigenvalue weighted by atomic mass is 10.1. The van der Waals surface area contributed by atoms with Crippen molar-refractivity contribution in [2.45, 2.75) is 19.4 Å². The van der Waals surface area contributed by atoms with E-state index in [4.69, 9.17) is 12.2 Å². The monoisotopic (exact) mass is 327 g/mol. The molecule has 0 aliphatic heterocycles. The second-order valence-electron chi connectivity index (χ2n) is 5.87. The molecule has 1 atom stereocenters. The molecule has 0 saturated heterocycles. The predicted molar refractivity (Wildman–Crippen MR) is 103 cm³/mol. The lowest BCUT2D eigenvalue weighted by molar-refractivity contribution is 0.363. The van der Waals surface area contributed by atoms with Crippen LogP contribution in [0.2, 0.25) is 0 Å². The van der Waals surface area contributed by atoms with Gasteiger partial charge < -0.3 is 15.5 Å². The van der Waals surface area contributed by atoms with Crippen molar-refractivity contribution in [3.63, 3.8) is 0 Å². The van der Waals surface area contributed by atoms with Crippen LogP contribution in [0.3, 0.4) is 0 Å². The van der Waals surface area contributed by atoms with E-state index in [0.29, 0.717) is 5.11 Å². The van der Waals surface area contributed by atoms with Gasteiger partial charge in [0.2, 0.25) is 0 Å². The van der Waals surface area contributed by atoms with Crippen LogP contribution >= 0.6 is 12.2 Å². The summed E-state index contributed by atoms with van der Waals surface area (Å²) in [6, 6.07) is 18.9. The zero-order chi connectivity index (χ0) is 16.7. The molecule has 2 aromatic carbocycles. The van der Waals surface area contributed by atoms with Gasteiger partial charge in [-0.3, -0.25) is 0 Å². The van der Waals surface area contributed by atoms with Gasteiger partial charge in [0.05, 0.1) is 6.04 Å². The Bertz CT molecular complexity index is 608. The molecule has 0 aliphatic rings. The fourth-order valence-corrected chi connectivity index (χ4v) is 2.69. The van der Waals surface area contributed by atoms with Gasteiger partial charge in [0, 0.05) is 12.2 Å². The van der Waals surface area contributed by atoms with E-state index < -0.39 is 0 Å². The quantitative estimate of drug-likeness (QED) is 0.788. The molecule has 0 bridgehead atoms. The van der Waals surface area contributed by atoms with Gasteiger partial charge in [-0.25, -0.2) is 0 Å². The van der Waals surface area contributed by atoms with Crippen molar-refractivity contribution in [2.24, 2.45) is 0 Å². The van der Waals surface area contributed by atoms with Crippen molar-refractivity contribution in [2.75, 3.05) is 26.0 Å². The molecule has 23 heavy (non-hydrogen) atoms. The van der Waals surface area contributed by atoms with Crippen LogP contribution in [0.15, 0.2) is 54.6 Å². The average Bonchev–Trinajstić information content (AvgIpc) is 2.55. The number of aryl methyl sites for hydroxylation is 1. The number of hydrogen-bond acceptors (Lipinski definition) is 2. The van der Waals surface area contributed by atoms with Crippen molar-refractivity contribution < 1.29 is 0 Å². The summed E-state index contributed by atoms with van der Waals surface area (Å²) < 4.78 is 0. The Balaban J connectivity index is 2.02. The van der Waals surface area contributed by atoms with E-state index in [1.165, 1.54) is 11.1 Å². The number of thiocarbonyl (C=S) groups is 1. The summed E-state index contributed by atoms with van der Waals surface area (Å²) in [4.78, 5) is 2.16. The molecule has 0 fully saturated rings. The number of nitrogens with one attached hydrogen (secondary N) is 2. The standard InChI is InChI=1S/C19H25N3S/c1-4-15-10-12-17(13-11-15)20-19(23)21-18(14-22(2)3)16-8-6-5-7-9-16/h5-13,18H,4,14H2,1-3H3,(H2,20,21,23)/t18-/m1/s1. The molecule has 0 spiro atoms. The van der Waals surface area contributed by atoms with Gasteiger partial charge in [-0.15, -0.1) is 0 Å². The number of likely N-dealkylation sites (N-methyl/N-ethyl adjacent to an activating group) is 1. The van der Waals surface area contributed by atoms with Crippen molar-refractivity contribution in [3.05, 3.63) is 65.7 Å². The summed E-state index contributed by atoms with van der Waals surface area (Å²) in [5.74, 6) is 0. The maximum Gasteiger partial charge on any atom is 0.171 e. The molecule has 0 aromatic heterocycles. The van der Waals surface area contributed by atoms with Crippen LogP contribution in [0.5, 0.6) is 0 Å². The Kier molecular flexibility index (Phi) is 6.56. The van der Waals surface area contributed by atoms with Gasteiger partial charge in [-0.2, -0.15) is 0 Å². The fourth-order valence-electron chi connectivity index (χ4n) is 2.43. The molecule has 0 radical (unpaired) electrons. The summed E-state index contributed by atoms with van der Waals surface area (Å²) in [6.07, 6.45) is 1.04. The summed E-state index contributed by atoms with van der Waals surface area (Å²) in [6.45, 7) is 3.03. The summed E-state index contributed by atoms with van der Waals surface area (Å²) in [5.41, 5.74) is 3.56. The van der Waals surface area contributed by atoms with Gasteiger partial charge >= 0.3 is 0 Å². The molecule has 0 unspecified atom stereocenters. The zero-order valence-electron chi connectivity index (χ0n) is 14.0. The highest BCUT2D eigenvalue weighted by molar-refractivity contribution is 7.80. The van der Waals surface area contributed by atoms with Crippen molar-refractivity contribution in [1.82, 2.24) is 10.2 Å². The second-order valence-corrected chi connectivity index (χ2v) is 6.28. The molecule has 2 rings (SSSR count). The molecular weight excluding hydrogens is 302 g/mol. The van der Waals surface area contributed by atoms with E-state index in [1.807, 2.05) is 6.07 Å². The largest absolute Gasteiger partial charge is 0.354 e. The van der Waals surface area contributed by atoms with E-state index >= 15 is 0 Å². The van der Waals surface area contributed by atoms with Gasteiger partial charge in [0.1, 0.15) is 0 Å². The molecule has 2 N–H and O–H groups in total. The van der Waals surface area contributed by atoms with Crippen LogP contribution in [0, 0.1) is 0 Å². The van der Waals surface area contributed by atoms with Crippen LogP contribution < -0.4 is 10.6 Å². The molecule has 2 aromatic rings.